The first-order valence-corrected chi connectivity index (χ1v) is 15.4. The van der Waals surface area contributed by atoms with Crippen molar-refractivity contribution in [1.29, 1.82) is 0 Å². The van der Waals surface area contributed by atoms with Gasteiger partial charge in [-0.2, -0.15) is 0 Å². The number of carbonyl (C=O) groups is 3. The highest BCUT2D eigenvalue weighted by Crippen LogP contribution is 2.48. The average Bonchev–Trinajstić information content (AvgIpc) is 3.65. The van der Waals surface area contributed by atoms with Crippen LogP contribution in [0.4, 0.5) is 14.9 Å². The minimum atomic E-state index is -1.50. The molecule has 244 valence electrons. The number of likely N-dealkylation sites (N-methyl/N-ethyl adjacent to an activating group) is 1. The van der Waals surface area contributed by atoms with Crippen LogP contribution in [0, 0.1) is 5.82 Å². The predicted molar refractivity (Wildman–Crippen MR) is 170 cm³/mol. The average molecular weight is 663 g/mol. The van der Waals surface area contributed by atoms with Gasteiger partial charge in [-0.25, -0.2) is 14.2 Å². The molecule has 1 unspecified atom stereocenters. The van der Waals surface area contributed by atoms with Gasteiger partial charge in [-0.3, -0.25) is 19.4 Å². The molecular formula is C33H32ClFN6O6. The Morgan fingerprint density at radius 3 is 2.62 bits per heavy atom. The summed E-state index contributed by atoms with van der Waals surface area (Å²) in [6.07, 6.45) is 1.08. The lowest BCUT2D eigenvalue weighted by atomic mass is 9.86. The summed E-state index contributed by atoms with van der Waals surface area (Å²) in [7, 11) is 4.35. The maximum Gasteiger partial charge on any atom is 0.325 e. The van der Waals surface area contributed by atoms with Crippen molar-refractivity contribution in [1.82, 2.24) is 25.0 Å². The van der Waals surface area contributed by atoms with E-state index in [2.05, 4.69) is 15.5 Å². The van der Waals surface area contributed by atoms with Crippen LogP contribution in [0.25, 0.3) is 22.4 Å². The maximum atomic E-state index is 16.0. The van der Waals surface area contributed by atoms with Gasteiger partial charge in [-0.05, 0) is 12.5 Å². The minimum absolute atomic E-state index is 0.0785. The summed E-state index contributed by atoms with van der Waals surface area (Å²) < 4.78 is 27.8. The second-order valence-electron chi connectivity index (χ2n) is 12.2. The van der Waals surface area contributed by atoms with Crippen molar-refractivity contribution in [3.8, 4) is 34.0 Å². The number of aliphatic hydroxyl groups is 1. The third kappa shape index (κ3) is 5.14. The smallest absolute Gasteiger partial charge is 0.325 e. The molecule has 0 saturated carbocycles. The van der Waals surface area contributed by atoms with E-state index in [0.29, 0.717) is 41.5 Å². The third-order valence-electron chi connectivity index (χ3n) is 9.25. The fourth-order valence-corrected chi connectivity index (χ4v) is 7.09. The van der Waals surface area contributed by atoms with Crippen LogP contribution in [-0.2, 0) is 9.59 Å². The Labute approximate surface area is 274 Å². The number of amides is 4. The van der Waals surface area contributed by atoms with Gasteiger partial charge in [-0.15, -0.1) is 0 Å². The SMILES string of the molecule is COc1nc(-c2cccc(-c3cccc(NC(=O)C4=CN(C)C(=O)N(C)C4O)c3F)c2Cl)cc2c1[C@@H](N1CC3(CCC(=O)N3)C1)CO2. The lowest BCUT2D eigenvalue weighted by Gasteiger charge is -2.50. The zero-order chi connectivity index (χ0) is 33.2. The quantitative estimate of drug-likeness (QED) is 0.363. The van der Waals surface area contributed by atoms with E-state index in [9.17, 15) is 19.5 Å². The van der Waals surface area contributed by atoms with Crippen molar-refractivity contribution in [3.05, 3.63) is 70.6 Å². The highest BCUT2D eigenvalue weighted by Gasteiger charge is 2.51. The van der Waals surface area contributed by atoms with Crippen LogP contribution in [0.15, 0.2) is 54.2 Å². The van der Waals surface area contributed by atoms with Gasteiger partial charge < -0.3 is 30.1 Å². The summed E-state index contributed by atoms with van der Waals surface area (Å²) in [6, 6.07) is 10.9. The fraction of sp³-hybridized carbons (Fsp3) is 0.333. The van der Waals surface area contributed by atoms with Crippen molar-refractivity contribution in [2.24, 2.45) is 0 Å². The number of anilines is 1. The number of methoxy groups -OCH3 is 1. The first-order valence-electron chi connectivity index (χ1n) is 15.1. The molecule has 1 aromatic heterocycles. The molecule has 0 bridgehead atoms. The predicted octanol–water partition coefficient (Wildman–Crippen LogP) is 3.75. The van der Waals surface area contributed by atoms with E-state index >= 15 is 4.39 Å². The summed E-state index contributed by atoms with van der Waals surface area (Å²) in [5.41, 5.74) is 1.89. The zero-order valence-corrected chi connectivity index (χ0v) is 26.6. The summed E-state index contributed by atoms with van der Waals surface area (Å²) in [5.74, 6) is -0.411. The Morgan fingerprint density at radius 2 is 1.89 bits per heavy atom. The van der Waals surface area contributed by atoms with Crippen molar-refractivity contribution in [3.63, 3.8) is 0 Å². The second-order valence-corrected chi connectivity index (χ2v) is 12.6. The molecule has 0 aliphatic carbocycles. The lowest BCUT2D eigenvalue weighted by molar-refractivity contribution is -0.121. The van der Waals surface area contributed by atoms with Crippen LogP contribution in [0.5, 0.6) is 11.6 Å². The molecule has 14 heteroatoms. The number of aliphatic hydroxyl groups excluding tert-OH is 1. The number of pyridine rings is 1. The van der Waals surface area contributed by atoms with Gasteiger partial charge in [0.1, 0.15) is 12.4 Å². The lowest BCUT2D eigenvalue weighted by Crippen LogP contribution is -2.67. The number of nitrogens with one attached hydrogen (secondary N) is 2. The highest BCUT2D eigenvalue weighted by atomic mass is 35.5. The van der Waals surface area contributed by atoms with Crippen LogP contribution >= 0.6 is 11.6 Å². The number of rotatable bonds is 6. The molecule has 2 saturated heterocycles. The molecule has 2 fully saturated rings. The molecule has 1 spiro atoms. The van der Waals surface area contributed by atoms with Crippen molar-refractivity contribution in [2.75, 3.05) is 46.2 Å². The van der Waals surface area contributed by atoms with Crippen LogP contribution in [0.3, 0.4) is 0 Å². The van der Waals surface area contributed by atoms with E-state index in [1.165, 1.54) is 26.4 Å². The molecule has 2 aromatic carbocycles. The van der Waals surface area contributed by atoms with Crippen LogP contribution in [-0.4, -0.2) is 95.3 Å². The molecule has 4 aliphatic rings. The number of fused-ring (bicyclic) bond motifs is 1. The Morgan fingerprint density at radius 1 is 1.17 bits per heavy atom. The van der Waals surface area contributed by atoms with Crippen molar-refractivity contribution >= 4 is 35.1 Å². The monoisotopic (exact) mass is 662 g/mol. The van der Waals surface area contributed by atoms with Gasteiger partial charge in [-0.1, -0.05) is 41.9 Å². The number of likely N-dealkylation sites (tertiary alicyclic amines) is 1. The first kappa shape index (κ1) is 30.9. The normalized spacial score (nSPS) is 21.6. The zero-order valence-electron chi connectivity index (χ0n) is 25.8. The summed E-state index contributed by atoms with van der Waals surface area (Å²) in [5, 5.41) is 16.3. The van der Waals surface area contributed by atoms with Gasteiger partial charge >= 0.3 is 6.03 Å². The molecule has 5 heterocycles. The van der Waals surface area contributed by atoms with Crippen molar-refractivity contribution in [2.45, 2.75) is 30.7 Å². The number of benzene rings is 2. The summed E-state index contributed by atoms with van der Waals surface area (Å²) >= 11 is 6.93. The van der Waals surface area contributed by atoms with Crippen LogP contribution in [0.2, 0.25) is 5.02 Å². The van der Waals surface area contributed by atoms with E-state index < -0.39 is 24.0 Å². The molecule has 3 N–H and O–H groups in total. The maximum absolute atomic E-state index is 16.0. The Balaban J connectivity index is 1.16. The molecule has 12 nitrogen and oxygen atoms in total. The van der Waals surface area contributed by atoms with Crippen LogP contribution in [0.1, 0.15) is 24.4 Å². The molecular weight excluding hydrogens is 631 g/mol. The molecule has 0 radical (unpaired) electrons. The number of ether oxygens (including phenoxy) is 2. The molecule has 4 amide bonds. The van der Waals surface area contributed by atoms with Crippen LogP contribution < -0.4 is 20.1 Å². The van der Waals surface area contributed by atoms with E-state index in [4.69, 9.17) is 26.1 Å². The fourth-order valence-electron chi connectivity index (χ4n) is 6.77. The number of carbonyl (C=O) groups excluding carboxylic acids is 3. The first-order chi connectivity index (χ1) is 22.5. The van der Waals surface area contributed by atoms with E-state index in [-0.39, 0.29) is 39.3 Å². The number of hydrogen-bond acceptors (Lipinski definition) is 8. The van der Waals surface area contributed by atoms with E-state index in [0.717, 1.165) is 34.9 Å². The van der Waals surface area contributed by atoms with E-state index in [1.54, 1.807) is 43.5 Å². The highest BCUT2D eigenvalue weighted by molar-refractivity contribution is 6.36. The molecule has 7 rings (SSSR count). The van der Waals surface area contributed by atoms with Gasteiger partial charge in [0.05, 0.1) is 46.2 Å². The number of aromatic nitrogens is 1. The number of halogens is 2. The number of hydrogen-bond donors (Lipinski definition) is 3. The Kier molecular flexibility index (Phi) is 7.57. The summed E-state index contributed by atoms with van der Waals surface area (Å²) in [6.45, 7) is 1.86. The Bertz CT molecular complexity index is 1860. The number of nitrogens with zero attached hydrogens (tertiary/aromatic N) is 4. The van der Waals surface area contributed by atoms with E-state index in [1.807, 2.05) is 0 Å². The second kappa shape index (κ2) is 11.5. The molecule has 47 heavy (non-hydrogen) atoms. The molecule has 4 aliphatic heterocycles. The number of urea groups is 1. The van der Waals surface area contributed by atoms with Gasteiger partial charge in [0.15, 0.2) is 12.0 Å². The molecule has 3 aromatic rings. The Hall–Kier alpha value is -4.72. The third-order valence-corrected chi connectivity index (χ3v) is 9.66. The largest absolute Gasteiger partial charge is 0.491 e. The van der Waals surface area contributed by atoms with Crippen molar-refractivity contribution < 1.29 is 33.4 Å². The summed E-state index contributed by atoms with van der Waals surface area (Å²) in [4.78, 5) is 46.1. The van der Waals surface area contributed by atoms with Gasteiger partial charge in [0, 0.05) is 62.6 Å². The van der Waals surface area contributed by atoms with Gasteiger partial charge in [0.2, 0.25) is 11.8 Å². The molecule has 2 atom stereocenters. The van der Waals surface area contributed by atoms with Gasteiger partial charge in [0.25, 0.3) is 5.91 Å². The topological polar surface area (TPSA) is 137 Å². The standard InChI is InChI=1S/C33H32ClFN6O6/c1-39-13-20(31(44)40(2)32(39)45)29(43)36-21-9-5-7-18(28(21)35)17-6-4-8-19(27(17)34)22-12-24-26(30(37-22)46-3)23(14-47-24)41-15-33(16-41)11-10-25(42)38-33/h4-9,12-13,23,31,44H,10-11,14-16H2,1-3H3,(H,36,43)(H,38,42)/t23-,31?/m0/s1. The minimum Gasteiger partial charge on any atom is -0.491 e.